The average Bonchev–Trinajstić information content (AvgIpc) is 2.72. The van der Waals surface area contributed by atoms with Crippen LogP contribution in [0.25, 0.3) is 0 Å². The van der Waals surface area contributed by atoms with Crippen LogP contribution in [0.2, 0.25) is 0 Å². The molecule has 1 heterocycles. The lowest BCUT2D eigenvalue weighted by atomic mass is 9.82. The molecule has 2 aromatic carbocycles. The minimum Gasteiger partial charge on any atom is -0.396 e. The normalized spacial score (nSPS) is 23.5. The molecule has 1 saturated heterocycles. The third kappa shape index (κ3) is 5.58. The molecule has 0 aromatic heterocycles. The summed E-state index contributed by atoms with van der Waals surface area (Å²) >= 11 is 0. The van der Waals surface area contributed by atoms with E-state index in [-0.39, 0.29) is 30.8 Å². The Balaban J connectivity index is 1.92. The summed E-state index contributed by atoms with van der Waals surface area (Å²) in [5.74, 6) is -0.643. The number of hydrogen-bond donors (Lipinski definition) is 1. The summed E-state index contributed by atoms with van der Waals surface area (Å²) in [4.78, 5) is 0. The zero-order valence-electron chi connectivity index (χ0n) is 16.6. The van der Waals surface area contributed by atoms with Crippen LogP contribution in [0.3, 0.4) is 0 Å². The van der Waals surface area contributed by atoms with Crippen molar-refractivity contribution in [3.63, 3.8) is 0 Å². The lowest BCUT2D eigenvalue weighted by molar-refractivity contribution is -0.212. The Kier molecular flexibility index (Phi) is 6.98. The zero-order valence-corrected chi connectivity index (χ0v) is 16.6. The van der Waals surface area contributed by atoms with Crippen LogP contribution in [0.5, 0.6) is 0 Å². The number of benzene rings is 2. The van der Waals surface area contributed by atoms with E-state index >= 15 is 0 Å². The van der Waals surface area contributed by atoms with Gasteiger partial charge < -0.3 is 14.6 Å². The zero-order chi connectivity index (χ0) is 22.8. The van der Waals surface area contributed by atoms with Crippen molar-refractivity contribution in [2.75, 3.05) is 13.2 Å². The maximum Gasteiger partial charge on any atom is 0.416 e. The van der Waals surface area contributed by atoms with Gasteiger partial charge in [0.25, 0.3) is 0 Å². The van der Waals surface area contributed by atoms with Crippen molar-refractivity contribution < 1.29 is 40.9 Å². The lowest BCUT2D eigenvalue weighted by Crippen LogP contribution is -2.38. The molecule has 4 atom stereocenters. The van der Waals surface area contributed by atoms with Crippen LogP contribution in [0, 0.1) is 5.92 Å². The molecule has 0 aliphatic carbocycles. The van der Waals surface area contributed by atoms with Crippen molar-refractivity contribution >= 4 is 0 Å². The number of aliphatic hydroxyl groups is 1. The van der Waals surface area contributed by atoms with E-state index in [0.717, 1.165) is 5.56 Å². The van der Waals surface area contributed by atoms with Crippen LogP contribution in [0.15, 0.2) is 48.5 Å². The predicted molar refractivity (Wildman–Crippen MR) is 100 cm³/mol. The average molecular weight is 448 g/mol. The molecular formula is C22H22F6O3. The molecule has 31 heavy (non-hydrogen) atoms. The number of ether oxygens (including phenoxy) is 2. The second kappa shape index (κ2) is 9.18. The van der Waals surface area contributed by atoms with Gasteiger partial charge in [-0.05, 0) is 48.6 Å². The summed E-state index contributed by atoms with van der Waals surface area (Å²) in [6.07, 6.45) is -11.4. The molecule has 1 aliphatic heterocycles. The van der Waals surface area contributed by atoms with E-state index in [4.69, 9.17) is 9.47 Å². The van der Waals surface area contributed by atoms with Crippen molar-refractivity contribution in [1.82, 2.24) is 0 Å². The minimum atomic E-state index is -4.94. The smallest absolute Gasteiger partial charge is 0.396 e. The minimum absolute atomic E-state index is 0.0852. The first-order valence-corrected chi connectivity index (χ1v) is 9.73. The van der Waals surface area contributed by atoms with E-state index in [2.05, 4.69) is 0 Å². The highest BCUT2D eigenvalue weighted by molar-refractivity contribution is 5.34. The first-order valence-electron chi connectivity index (χ1n) is 9.73. The SMILES string of the molecule is C[C@@H](O[C@H]1OCC[C@@H](CO)[C@@H]1c1ccccc1)c1cc(C(F)(F)F)cc(C(F)(F)F)c1. The first kappa shape index (κ1) is 23.6. The monoisotopic (exact) mass is 448 g/mol. The van der Waals surface area contributed by atoms with Gasteiger partial charge in [0.1, 0.15) is 0 Å². The maximum atomic E-state index is 13.2. The highest BCUT2D eigenvalue weighted by Crippen LogP contribution is 2.41. The molecule has 1 N–H and O–H groups in total. The highest BCUT2D eigenvalue weighted by atomic mass is 19.4. The Bertz CT molecular complexity index is 834. The van der Waals surface area contributed by atoms with E-state index in [0.29, 0.717) is 18.6 Å². The quantitative estimate of drug-likeness (QED) is 0.576. The molecule has 1 fully saturated rings. The van der Waals surface area contributed by atoms with E-state index < -0.39 is 41.8 Å². The number of rotatable bonds is 5. The van der Waals surface area contributed by atoms with Crippen molar-refractivity contribution in [3.8, 4) is 0 Å². The summed E-state index contributed by atoms with van der Waals surface area (Å²) in [6, 6.07) is 10.4. The molecule has 2 aromatic rings. The fourth-order valence-electron chi connectivity index (χ4n) is 3.77. The maximum absolute atomic E-state index is 13.2. The summed E-state index contributed by atoms with van der Waals surface area (Å²) in [6.45, 7) is 1.48. The van der Waals surface area contributed by atoms with Gasteiger partial charge >= 0.3 is 12.4 Å². The molecule has 9 heteroatoms. The van der Waals surface area contributed by atoms with Crippen molar-refractivity contribution in [2.24, 2.45) is 5.92 Å². The molecule has 0 radical (unpaired) electrons. The largest absolute Gasteiger partial charge is 0.416 e. The number of hydrogen-bond acceptors (Lipinski definition) is 3. The Morgan fingerprint density at radius 3 is 2.10 bits per heavy atom. The van der Waals surface area contributed by atoms with Crippen LogP contribution >= 0.6 is 0 Å². The van der Waals surface area contributed by atoms with Gasteiger partial charge in [-0.2, -0.15) is 26.3 Å². The summed E-state index contributed by atoms with van der Waals surface area (Å²) in [5, 5.41) is 9.78. The molecule has 0 amide bonds. The van der Waals surface area contributed by atoms with Gasteiger partial charge in [0.15, 0.2) is 6.29 Å². The molecule has 3 rings (SSSR count). The van der Waals surface area contributed by atoms with Crippen LogP contribution in [-0.2, 0) is 21.8 Å². The fraction of sp³-hybridized carbons (Fsp3) is 0.455. The second-order valence-electron chi connectivity index (χ2n) is 7.52. The molecule has 3 nitrogen and oxygen atoms in total. The van der Waals surface area contributed by atoms with Gasteiger partial charge in [-0.1, -0.05) is 30.3 Å². The number of aliphatic hydroxyl groups excluding tert-OH is 1. The van der Waals surface area contributed by atoms with Gasteiger partial charge in [0, 0.05) is 12.5 Å². The Morgan fingerprint density at radius 1 is 1.00 bits per heavy atom. The molecule has 1 aliphatic rings. The lowest BCUT2D eigenvalue weighted by Gasteiger charge is -2.38. The Labute approximate surface area is 175 Å². The molecule has 170 valence electrons. The topological polar surface area (TPSA) is 38.7 Å². The van der Waals surface area contributed by atoms with Crippen LogP contribution in [0.1, 0.15) is 47.6 Å². The summed E-state index contributed by atoms with van der Waals surface area (Å²) in [7, 11) is 0. The molecule has 0 bridgehead atoms. The van der Waals surface area contributed by atoms with E-state index in [1.807, 2.05) is 12.1 Å². The van der Waals surface area contributed by atoms with Crippen LogP contribution < -0.4 is 0 Å². The standard InChI is InChI=1S/C22H22F6O3/c1-13(16-9-17(21(23,24)25)11-18(10-16)22(26,27)28)31-20-19(14-5-3-2-4-6-14)15(12-29)7-8-30-20/h2-6,9-11,13,15,19-20,29H,7-8,12H2,1H3/t13-,15+,19+,20-/m1/s1. The Morgan fingerprint density at radius 2 is 1.58 bits per heavy atom. The van der Waals surface area contributed by atoms with Gasteiger partial charge in [-0.15, -0.1) is 0 Å². The van der Waals surface area contributed by atoms with Crippen molar-refractivity contribution in [3.05, 3.63) is 70.8 Å². The molecule has 0 spiro atoms. The molecule has 0 saturated carbocycles. The van der Waals surface area contributed by atoms with Crippen molar-refractivity contribution in [2.45, 2.75) is 44.0 Å². The molecule has 0 unspecified atom stereocenters. The fourth-order valence-corrected chi connectivity index (χ4v) is 3.77. The summed E-state index contributed by atoms with van der Waals surface area (Å²) in [5.41, 5.74) is -2.25. The second-order valence-corrected chi connectivity index (χ2v) is 7.52. The van der Waals surface area contributed by atoms with E-state index in [9.17, 15) is 31.4 Å². The first-order chi connectivity index (χ1) is 14.5. The predicted octanol–water partition coefficient (Wildman–Crippen LogP) is 5.94. The molecular weight excluding hydrogens is 426 g/mol. The van der Waals surface area contributed by atoms with Crippen molar-refractivity contribution in [1.29, 1.82) is 0 Å². The third-order valence-electron chi connectivity index (χ3n) is 5.41. The van der Waals surface area contributed by atoms with Crippen LogP contribution in [-0.4, -0.2) is 24.6 Å². The van der Waals surface area contributed by atoms with Gasteiger partial charge in [-0.25, -0.2) is 0 Å². The summed E-state index contributed by atoms with van der Waals surface area (Å²) < 4.78 is 90.6. The third-order valence-corrected chi connectivity index (χ3v) is 5.41. The van der Waals surface area contributed by atoms with Gasteiger partial charge in [-0.3, -0.25) is 0 Å². The Hall–Kier alpha value is -2.10. The highest BCUT2D eigenvalue weighted by Gasteiger charge is 2.39. The van der Waals surface area contributed by atoms with Crippen LogP contribution in [0.4, 0.5) is 26.3 Å². The van der Waals surface area contributed by atoms with Gasteiger partial charge in [0.05, 0.1) is 23.8 Å². The van der Waals surface area contributed by atoms with Gasteiger partial charge in [0.2, 0.25) is 0 Å². The number of halogens is 6. The van der Waals surface area contributed by atoms with E-state index in [1.165, 1.54) is 6.92 Å². The van der Waals surface area contributed by atoms with E-state index in [1.54, 1.807) is 18.2 Å². The number of alkyl halides is 6.